The highest BCUT2D eigenvalue weighted by molar-refractivity contribution is 5.88. The van der Waals surface area contributed by atoms with Crippen LogP contribution in [0, 0.1) is 6.92 Å². The minimum Gasteiger partial charge on any atom is -0.464 e. The third-order valence-electron chi connectivity index (χ3n) is 3.97. The summed E-state index contributed by atoms with van der Waals surface area (Å²) in [5.41, 5.74) is 2.92. The Morgan fingerprint density at radius 1 is 1.40 bits per heavy atom. The molecule has 4 nitrogen and oxygen atoms in total. The molecule has 2 aromatic rings. The first-order chi connectivity index (χ1) is 9.63. The molecule has 0 aliphatic carbocycles. The van der Waals surface area contributed by atoms with E-state index in [1.807, 2.05) is 30.0 Å². The number of rotatable bonds is 2. The zero-order valence-electron chi connectivity index (χ0n) is 11.6. The fraction of sp³-hybridized carbons (Fsp3) is 0.438. The molecule has 0 radical (unpaired) electrons. The highest BCUT2D eigenvalue weighted by Gasteiger charge is 2.22. The van der Waals surface area contributed by atoms with Gasteiger partial charge in [-0.15, -0.1) is 0 Å². The van der Waals surface area contributed by atoms with Crippen LogP contribution >= 0.6 is 0 Å². The first kappa shape index (κ1) is 13.2. The van der Waals surface area contributed by atoms with E-state index in [0.29, 0.717) is 32.4 Å². The summed E-state index contributed by atoms with van der Waals surface area (Å²) in [6.45, 7) is 3.32. The summed E-state index contributed by atoms with van der Waals surface area (Å²) in [6.07, 6.45) is 3.15. The van der Waals surface area contributed by atoms with Crippen molar-refractivity contribution < 1.29 is 14.3 Å². The van der Waals surface area contributed by atoms with E-state index in [1.165, 1.54) is 0 Å². The minimum absolute atomic E-state index is 0.111. The highest BCUT2D eigenvalue weighted by atomic mass is 16.3. The lowest BCUT2D eigenvalue weighted by Crippen LogP contribution is -2.40. The van der Waals surface area contributed by atoms with E-state index in [1.54, 1.807) is 6.26 Å². The minimum atomic E-state index is -0.253. The average molecular weight is 273 g/mol. The monoisotopic (exact) mass is 273 g/mol. The summed E-state index contributed by atoms with van der Waals surface area (Å²) in [5.74, 6) is 0.111. The van der Waals surface area contributed by atoms with Gasteiger partial charge < -0.3 is 14.4 Å². The molecule has 0 spiro atoms. The molecule has 106 valence electrons. The molecule has 1 saturated heterocycles. The van der Waals surface area contributed by atoms with Crippen molar-refractivity contribution in [2.75, 3.05) is 13.1 Å². The van der Waals surface area contributed by atoms with Gasteiger partial charge in [0.15, 0.2) is 0 Å². The van der Waals surface area contributed by atoms with E-state index < -0.39 is 0 Å². The molecule has 0 unspecified atom stereocenters. The van der Waals surface area contributed by atoms with Gasteiger partial charge in [0.05, 0.1) is 18.8 Å². The SMILES string of the molecule is Cc1ccc2c(CC(=O)N3CCC(O)CC3)coc2c1. The van der Waals surface area contributed by atoms with E-state index in [-0.39, 0.29) is 12.0 Å². The number of carbonyl (C=O) groups is 1. The van der Waals surface area contributed by atoms with Gasteiger partial charge in [-0.05, 0) is 31.4 Å². The van der Waals surface area contributed by atoms with Gasteiger partial charge in [0.2, 0.25) is 5.91 Å². The first-order valence-electron chi connectivity index (χ1n) is 7.06. The van der Waals surface area contributed by atoms with Crippen molar-refractivity contribution in [1.82, 2.24) is 4.90 Å². The molecule has 0 saturated carbocycles. The zero-order valence-corrected chi connectivity index (χ0v) is 11.6. The Hall–Kier alpha value is -1.81. The molecule has 1 aliphatic heterocycles. The second-order valence-electron chi connectivity index (χ2n) is 5.55. The maximum absolute atomic E-state index is 12.3. The highest BCUT2D eigenvalue weighted by Crippen LogP contribution is 2.23. The van der Waals surface area contributed by atoms with Crippen LogP contribution in [0.1, 0.15) is 24.0 Å². The summed E-state index contributed by atoms with van der Waals surface area (Å²) >= 11 is 0. The van der Waals surface area contributed by atoms with Gasteiger partial charge in [-0.1, -0.05) is 12.1 Å². The fourth-order valence-electron chi connectivity index (χ4n) is 2.72. The van der Waals surface area contributed by atoms with Crippen LogP contribution in [0.4, 0.5) is 0 Å². The number of piperidine rings is 1. The Bertz CT molecular complexity index is 624. The van der Waals surface area contributed by atoms with Crippen LogP contribution < -0.4 is 0 Å². The summed E-state index contributed by atoms with van der Waals surface area (Å²) in [4.78, 5) is 14.1. The van der Waals surface area contributed by atoms with Crippen molar-refractivity contribution >= 4 is 16.9 Å². The third kappa shape index (κ3) is 2.56. The van der Waals surface area contributed by atoms with E-state index in [0.717, 1.165) is 22.1 Å². The number of benzene rings is 1. The molecule has 20 heavy (non-hydrogen) atoms. The normalized spacial score (nSPS) is 16.8. The number of nitrogens with zero attached hydrogens (tertiary/aromatic N) is 1. The van der Waals surface area contributed by atoms with Crippen molar-refractivity contribution in [3.8, 4) is 0 Å². The van der Waals surface area contributed by atoms with Gasteiger partial charge in [-0.2, -0.15) is 0 Å². The van der Waals surface area contributed by atoms with Crippen molar-refractivity contribution in [3.63, 3.8) is 0 Å². The number of carbonyl (C=O) groups excluding carboxylic acids is 1. The van der Waals surface area contributed by atoms with Crippen LogP contribution in [0.25, 0.3) is 11.0 Å². The molecular weight excluding hydrogens is 254 g/mol. The van der Waals surface area contributed by atoms with E-state index >= 15 is 0 Å². The molecule has 0 atom stereocenters. The number of fused-ring (bicyclic) bond motifs is 1. The zero-order chi connectivity index (χ0) is 14.1. The summed E-state index contributed by atoms with van der Waals surface area (Å²) < 4.78 is 5.52. The smallest absolute Gasteiger partial charge is 0.227 e. The summed E-state index contributed by atoms with van der Waals surface area (Å²) in [7, 11) is 0. The van der Waals surface area contributed by atoms with E-state index in [2.05, 4.69) is 0 Å². The molecule has 1 aromatic heterocycles. The number of aliphatic hydroxyl groups is 1. The molecule has 1 amide bonds. The largest absolute Gasteiger partial charge is 0.464 e. The standard InChI is InChI=1S/C16H19NO3/c1-11-2-3-14-12(10-20-15(14)8-11)9-16(19)17-6-4-13(18)5-7-17/h2-3,8,10,13,18H,4-7,9H2,1H3. The topological polar surface area (TPSA) is 53.7 Å². The first-order valence-corrected chi connectivity index (χ1v) is 7.06. The summed E-state index contributed by atoms with van der Waals surface area (Å²) in [6, 6.07) is 6.03. The van der Waals surface area contributed by atoms with Crippen LogP contribution in [0.15, 0.2) is 28.9 Å². The molecule has 3 rings (SSSR count). The maximum atomic E-state index is 12.3. The predicted octanol–water partition coefficient (Wildman–Crippen LogP) is 2.27. The lowest BCUT2D eigenvalue weighted by Gasteiger charge is -2.29. The Labute approximate surface area is 118 Å². The molecule has 1 aromatic carbocycles. The summed E-state index contributed by atoms with van der Waals surface area (Å²) in [5, 5.41) is 10.5. The Morgan fingerprint density at radius 3 is 2.90 bits per heavy atom. The molecule has 1 aliphatic rings. The van der Waals surface area contributed by atoms with Gasteiger partial charge in [-0.3, -0.25) is 4.79 Å². The Morgan fingerprint density at radius 2 is 2.15 bits per heavy atom. The molecular formula is C16H19NO3. The van der Waals surface area contributed by atoms with Crippen molar-refractivity contribution in [1.29, 1.82) is 0 Å². The number of hydrogen-bond acceptors (Lipinski definition) is 3. The van der Waals surface area contributed by atoms with Crippen LogP contribution in [0.5, 0.6) is 0 Å². The average Bonchev–Trinajstić information content (AvgIpc) is 2.81. The lowest BCUT2D eigenvalue weighted by molar-refractivity contribution is -0.132. The Kier molecular flexibility index (Phi) is 3.49. The molecule has 2 heterocycles. The number of aryl methyl sites for hydroxylation is 1. The Balaban J connectivity index is 1.74. The van der Waals surface area contributed by atoms with Gasteiger partial charge in [-0.25, -0.2) is 0 Å². The van der Waals surface area contributed by atoms with E-state index in [4.69, 9.17) is 4.42 Å². The molecule has 1 fully saturated rings. The number of hydrogen-bond donors (Lipinski definition) is 1. The van der Waals surface area contributed by atoms with Crippen LogP contribution in [0.3, 0.4) is 0 Å². The predicted molar refractivity (Wildman–Crippen MR) is 76.5 cm³/mol. The quantitative estimate of drug-likeness (QED) is 0.913. The fourth-order valence-corrected chi connectivity index (χ4v) is 2.72. The second kappa shape index (κ2) is 5.29. The third-order valence-corrected chi connectivity index (χ3v) is 3.97. The number of likely N-dealkylation sites (tertiary alicyclic amines) is 1. The number of aliphatic hydroxyl groups excluding tert-OH is 1. The van der Waals surface area contributed by atoms with Crippen LogP contribution in [-0.4, -0.2) is 35.1 Å². The van der Waals surface area contributed by atoms with Crippen LogP contribution in [0.2, 0.25) is 0 Å². The van der Waals surface area contributed by atoms with Crippen LogP contribution in [-0.2, 0) is 11.2 Å². The maximum Gasteiger partial charge on any atom is 0.227 e. The van der Waals surface area contributed by atoms with Crippen molar-refractivity contribution in [2.24, 2.45) is 0 Å². The number of furan rings is 1. The van der Waals surface area contributed by atoms with Gasteiger partial charge in [0, 0.05) is 24.0 Å². The van der Waals surface area contributed by atoms with E-state index in [9.17, 15) is 9.90 Å². The second-order valence-corrected chi connectivity index (χ2v) is 5.55. The molecule has 4 heteroatoms. The van der Waals surface area contributed by atoms with Crippen molar-refractivity contribution in [2.45, 2.75) is 32.3 Å². The lowest BCUT2D eigenvalue weighted by atomic mass is 10.1. The molecule has 0 bridgehead atoms. The van der Waals surface area contributed by atoms with Gasteiger partial charge in [0.1, 0.15) is 5.58 Å². The van der Waals surface area contributed by atoms with Gasteiger partial charge in [0.25, 0.3) is 0 Å². The van der Waals surface area contributed by atoms with Crippen molar-refractivity contribution in [3.05, 3.63) is 35.6 Å². The number of amides is 1. The van der Waals surface area contributed by atoms with Gasteiger partial charge >= 0.3 is 0 Å². The molecule has 1 N–H and O–H groups in total.